The zero-order chi connectivity index (χ0) is 20.0. The van der Waals surface area contributed by atoms with E-state index in [0.29, 0.717) is 12.8 Å². The summed E-state index contributed by atoms with van der Waals surface area (Å²) < 4.78 is 4.67. The molecule has 0 saturated heterocycles. The summed E-state index contributed by atoms with van der Waals surface area (Å²) in [6, 6.07) is 23.0. The van der Waals surface area contributed by atoms with Crippen LogP contribution in [-0.2, 0) is 9.53 Å². The maximum absolute atomic E-state index is 12.9. The number of esters is 1. The van der Waals surface area contributed by atoms with Gasteiger partial charge in [-0.2, -0.15) is 0 Å². The number of carbonyl (C=O) groups excluding carboxylic acids is 2. The second-order valence-electron chi connectivity index (χ2n) is 7.45. The van der Waals surface area contributed by atoms with Crippen molar-refractivity contribution in [2.24, 2.45) is 0 Å². The molecule has 0 aliphatic heterocycles. The van der Waals surface area contributed by atoms with Gasteiger partial charge in [0.05, 0.1) is 7.11 Å². The largest absolute Gasteiger partial charge is 0.469 e. The molecule has 0 heterocycles. The first-order chi connectivity index (χ1) is 14.2. The van der Waals surface area contributed by atoms with Gasteiger partial charge in [0.2, 0.25) is 0 Å². The number of Topliss-reactive ketones (excluding diaryl/α,β-unsaturated/α-hetero) is 1. The lowest BCUT2D eigenvalue weighted by atomic mass is 9.87. The molecule has 0 aliphatic rings. The molecule has 29 heavy (non-hydrogen) atoms. The van der Waals surface area contributed by atoms with Gasteiger partial charge in [0.15, 0.2) is 5.78 Å². The normalized spacial score (nSPS) is 11.6. The molecule has 5 aromatic rings. The minimum Gasteiger partial charge on any atom is -0.469 e. The van der Waals surface area contributed by atoms with Gasteiger partial charge in [-0.15, -0.1) is 0 Å². The predicted octanol–water partition coefficient (Wildman–Crippen LogP) is 6.26. The maximum Gasteiger partial charge on any atom is 0.305 e. The molecule has 5 rings (SSSR count). The number of ketones is 1. The Morgan fingerprint density at radius 1 is 0.690 bits per heavy atom. The molecule has 5 aromatic carbocycles. The Kier molecular flexibility index (Phi) is 4.17. The number of carbonyl (C=O) groups is 2. The van der Waals surface area contributed by atoms with Crippen LogP contribution in [0, 0.1) is 0 Å². The fourth-order valence-corrected chi connectivity index (χ4v) is 4.52. The van der Waals surface area contributed by atoms with Gasteiger partial charge >= 0.3 is 5.97 Å². The maximum atomic E-state index is 12.9. The topological polar surface area (TPSA) is 43.4 Å². The van der Waals surface area contributed by atoms with Crippen LogP contribution >= 0.6 is 0 Å². The van der Waals surface area contributed by atoms with Crippen molar-refractivity contribution in [3.05, 3.63) is 72.3 Å². The highest BCUT2D eigenvalue weighted by Gasteiger charge is 2.17. The lowest BCUT2D eigenvalue weighted by Gasteiger charge is -2.16. The molecular formula is C26H20O3. The van der Waals surface area contributed by atoms with E-state index in [9.17, 15) is 9.59 Å². The number of fused-ring (bicyclic) bond motifs is 2. The van der Waals surface area contributed by atoms with E-state index in [2.05, 4.69) is 53.3 Å². The molecular weight excluding hydrogens is 360 g/mol. The zero-order valence-electron chi connectivity index (χ0n) is 16.2. The summed E-state index contributed by atoms with van der Waals surface area (Å²) in [4.78, 5) is 24.3. The Morgan fingerprint density at radius 2 is 1.28 bits per heavy atom. The van der Waals surface area contributed by atoms with Crippen LogP contribution in [-0.4, -0.2) is 18.9 Å². The van der Waals surface area contributed by atoms with E-state index in [1.165, 1.54) is 39.4 Å². The number of hydrogen-bond acceptors (Lipinski definition) is 3. The molecule has 0 aliphatic carbocycles. The van der Waals surface area contributed by atoms with Crippen LogP contribution in [0.15, 0.2) is 66.7 Å². The third-order valence-corrected chi connectivity index (χ3v) is 5.84. The standard InChI is InChI=1S/C26H20O3/c1-29-24(28)13-5-12-23(27)17-14-15-22-20-9-3-7-16-6-2-8-19(25(16)20)21-11-4-10-18(17)26(21)22/h2-4,6-11,14-15H,5,12-13H2,1H3. The number of hydrogen-bond donors (Lipinski definition) is 0. The van der Waals surface area contributed by atoms with Crippen LogP contribution in [0.1, 0.15) is 29.6 Å². The van der Waals surface area contributed by atoms with E-state index in [-0.39, 0.29) is 18.2 Å². The van der Waals surface area contributed by atoms with Gasteiger partial charge in [0, 0.05) is 18.4 Å². The average Bonchev–Trinajstić information content (AvgIpc) is 2.76. The highest BCUT2D eigenvalue weighted by atomic mass is 16.5. The van der Waals surface area contributed by atoms with Gasteiger partial charge in [-0.3, -0.25) is 9.59 Å². The van der Waals surface area contributed by atoms with Crippen molar-refractivity contribution in [1.29, 1.82) is 0 Å². The number of methoxy groups -OCH3 is 1. The van der Waals surface area contributed by atoms with E-state index in [0.717, 1.165) is 16.3 Å². The van der Waals surface area contributed by atoms with Gasteiger partial charge in [-0.1, -0.05) is 66.7 Å². The Morgan fingerprint density at radius 3 is 1.97 bits per heavy atom. The quantitative estimate of drug-likeness (QED) is 0.156. The highest BCUT2D eigenvalue weighted by molar-refractivity contribution is 6.34. The van der Waals surface area contributed by atoms with Crippen molar-refractivity contribution in [2.45, 2.75) is 19.3 Å². The van der Waals surface area contributed by atoms with E-state index in [1.54, 1.807) is 0 Å². The zero-order valence-corrected chi connectivity index (χ0v) is 16.2. The third kappa shape index (κ3) is 2.73. The molecule has 0 amide bonds. The molecule has 0 bridgehead atoms. The van der Waals surface area contributed by atoms with Crippen LogP contribution in [0.2, 0.25) is 0 Å². The first kappa shape index (κ1) is 17.6. The number of rotatable bonds is 5. The van der Waals surface area contributed by atoms with Crippen molar-refractivity contribution >= 4 is 54.8 Å². The molecule has 0 radical (unpaired) electrons. The molecule has 3 nitrogen and oxygen atoms in total. The van der Waals surface area contributed by atoms with Crippen molar-refractivity contribution in [3.63, 3.8) is 0 Å². The van der Waals surface area contributed by atoms with E-state index in [4.69, 9.17) is 0 Å². The molecule has 0 atom stereocenters. The van der Waals surface area contributed by atoms with Gasteiger partial charge in [-0.05, 0) is 49.5 Å². The second-order valence-corrected chi connectivity index (χ2v) is 7.45. The summed E-state index contributed by atoms with van der Waals surface area (Å²) >= 11 is 0. The molecule has 0 saturated carbocycles. The molecule has 3 heteroatoms. The number of ether oxygens (including phenoxy) is 1. The van der Waals surface area contributed by atoms with Crippen molar-refractivity contribution in [3.8, 4) is 0 Å². The van der Waals surface area contributed by atoms with Gasteiger partial charge in [0.1, 0.15) is 0 Å². The lowest BCUT2D eigenvalue weighted by molar-refractivity contribution is -0.140. The van der Waals surface area contributed by atoms with E-state index < -0.39 is 0 Å². The fraction of sp³-hybridized carbons (Fsp3) is 0.154. The Balaban J connectivity index is 1.72. The van der Waals surface area contributed by atoms with E-state index >= 15 is 0 Å². The molecule has 0 unspecified atom stereocenters. The SMILES string of the molecule is COC(=O)CCCC(=O)c1ccc2c3cccc4cccc(c5cccc1c52)c43. The fourth-order valence-electron chi connectivity index (χ4n) is 4.52. The molecule has 0 aromatic heterocycles. The monoisotopic (exact) mass is 380 g/mol. The van der Waals surface area contributed by atoms with Crippen LogP contribution in [0.3, 0.4) is 0 Å². The highest BCUT2D eigenvalue weighted by Crippen LogP contribution is 2.41. The lowest BCUT2D eigenvalue weighted by Crippen LogP contribution is -2.04. The van der Waals surface area contributed by atoms with Crippen LogP contribution in [0.5, 0.6) is 0 Å². The summed E-state index contributed by atoms with van der Waals surface area (Å²) in [5.74, 6) is -0.214. The van der Waals surface area contributed by atoms with Gasteiger partial charge in [0.25, 0.3) is 0 Å². The third-order valence-electron chi connectivity index (χ3n) is 5.84. The molecule has 142 valence electrons. The summed E-state index contributed by atoms with van der Waals surface area (Å²) in [6.07, 6.45) is 1.09. The average molecular weight is 380 g/mol. The van der Waals surface area contributed by atoms with Crippen LogP contribution in [0.25, 0.3) is 43.1 Å². The molecule has 0 fully saturated rings. The van der Waals surface area contributed by atoms with Crippen molar-refractivity contribution in [2.75, 3.05) is 7.11 Å². The minimum atomic E-state index is -0.278. The first-order valence-corrected chi connectivity index (χ1v) is 9.87. The Labute approximate surface area is 168 Å². The first-order valence-electron chi connectivity index (χ1n) is 9.87. The predicted molar refractivity (Wildman–Crippen MR) is 118 cm³/mol. The van der Waals surface area contributed by atoms with Gasteiger partial charge < -0.3 is 4.74 Å². The van der Waals surface area contributed by atoms with Crippen molar-refractivity contribution < 1.29 is 14.3 Å². The summed E-state index contributed by atoms with van der Waals surface area (Å²) in [6.45, 7) is 0. The molecule has 0 spiro atoms. The summed E-state index contributed by atoms with van der Waals surface area (Å²) in [5.41, 5.74) is 0.724. The van der Waals surface area contributed by atoms with Crippen molar-refractivity contribution in [1.82, 2.24) is 0 Å². The van der Waals surface area contributed by atoms with Crippen LogP contribution in [0.4, 0.5) is 0 Å². The number of benzene rings is 5. The summed E-state index contributed by atoms with van der Waals surface area (Å²) in [5, 5.41) is 9.39. The van der Waals surface area contributed by atoms with E-state index in [1.807, 2.05) is 18.2 Å². The Bertz CT molecular complexity index is 1350. The van der Waals surface area contributed by atoms with Gasteiger partial charge in [-0.25, -0.2) is 0 Å². The Hall–Kier alpha value is -3.46. The van der Waals surface area contributed by atoms with Crippen LogP contribution < -0.4 is 0 Å². The second kappa shape index (κ2) is 6.85. The summed E-state index contributed by atoms with van der Waals surface area (Å²) in [7, 11) is 1.37. The smallest absolute Gasteiger partial charge is 0.305 e. The minimum absolute atomic E-state index is 0.0645. The molecule has 0 N–H and O–H groups in total.